The number of aliphatic hydroxyl groups excluding tert-OH is 2. The largest absolute Gasteiger partial charge is 0.459 e. The lowest BCUT2D eigenvalue weighted by Crippen LogP contribution is -2.70. The zero-order valence-electron chi connectivity index (χ0n) is 40.1. The van der Waals surface area contributed by atoms with Gasteiger partial charge in [0.15, 0.2) is 11.5 Å². The van der Waals surface area contributed by atoms with Gasteiger partial charge in [0.1, 0.15) is 35.6 Å². The summed E-state index contributed by atoms with van der Waals surface area (Å²) in [6.07, 6.45) is 9.53. The topological polar surface area (TPSA) is 181 Å². The molecule has 2 N–H and O–H groups in total. The van der Waals surface area contributed by atoms with Crippen LogP contribution in [0.2, 0.25) is 0 Å². The van der Waals surface area contributed by atoms with Gasteiger partial charge in [0.05, 0.1) is 23.2 Å². The molecule has 72 heavy (non-hydrogen) atoms. The number of unbranched alkanes of at least 4 members (excludes halogenated alkanes) is 2. The number of carbonyl (C=O) groups is 1. The second-order valence-electron chi connectivity index (χ2n) is 18.2. The summed E-state index contributed by atoms with van der Waals surface area (Å²) in [6, 6.07) is 33.3. The monoisotopic (exact) mass is 997 g/mol. The minimum atomic E-state index is -1.62. The Kier molecular flexibility index (Phi) is 16.1. The third-order valence-corrected chi connectivity index (χ3v) is 14.6. The Morgan fingerprint density at radius 2 is 1.60 bits per heavy atom. The number of nitro groups is 1. The molecular formula is C56H59N3O12S. The molecule has 5 aromatic carbocycles. The van der Waals surface area contributed by atoms with E-state index in [9.17, 15) is 20.3 Å². The van der Waals surface area contributed by atoms with Gasteiger partial charge in [-0.2, -0.15) is 0 Å². The third-order valence-electron chi connectivity index (χ3n) is 13.8. The van der Waals surface area contributed by atoms with Gasteiger partial charge in [0.2, 0.25) is 12.6 Å². The molecule has 1 amide bonds. The molecule has 5 aromatic rings. The predicted molar refractivity (Wildman–Crippen MR) is 272 cm³/mol. The van der Waals surface area contributed by atoms with Crippen LogP contribution in [0.5, 0.6) is 34.5 Å². The average Bonchev–Trinajstić information content (AvgIpc) is 3.88. The number of fused-ring (bicyclic) bond motifs is 3. The minimum absolute atomic E-state index is 0.00841. The van der Waals surface area contributed by atoms with Crippen molar-refractivity contribution in [3.63, 3.8) is 0 Å². The highest BCUT2D eigenvalue weighted by Gasteiger charge is 2.66. The van der Waals surface area contributed by atoms with E-state index in [2.05, 4.69) is 12.7 Å². The highest BCUT2D eigenvalue weighted by molar-refractivity contribution is 7.98. The number of ether oxygens (including phenoxy) is 6. The van der Waals surface area contributed by atoms with Crippen molar-refractivity contribution in [3.8, 4) is 34.5 Å². The quantitative estimate of drug-likeness (QED) is 0.0220. The molecule has 2 aliphatic carbocycles. The number of benzene rings is 5. The summed E-state index contributed by atoms with van der Waals surface area (Å²) in [5.41, 5.74) is 3.79. The summed E-state index contributed by atoms with van der Waals surface area (Å²) in [4.78, 5) is 35.4. The Morgan fingerprint density at radius 1 is 0.875 bits per heavy atom. The fourth-order valence-corrected chi connectivity index (χ4v) is 11.0. The maximum atomic E-state index is 15.3. The van der Waals surface area contributed by atoms with Crippen LogP contribution in [0.25, 0.3) is 0 Å². The van der Waals surface area contributed by atoms with E-state index in [0.29, 0.717) is 52.9 Å². The summed E-state index contributed by atoms with van der Waals surface area (Å²) >= 11 is 1.65. The summed E-state index contributed by atoms with van der Waals surface area (Å²) in [6.45, 7) is 4.42. The third kappa shape index (κ3) is 11.0. The first kappa shape index (κ1) is 50.1. The minimum Gasteiger partial charge on any atom is -0.459 e. The number of hydrogen-bond acceptors (Lipinski definition) is 14. The van der Waals surface area contributed by atoms with Crippen molar-refractivity contribution in [1.29, 1.82) is 0 Å². The van der Waals surface area contributed by atoms with E-state index in [1.807, 2.05) is 91.2 Å². The lowest BCUT2D eigenvalue weighted by Gasteiger charge is -2.59. The maximum absolute atomic E-state index is 15.3. The van der Waals surface area contributed by atoms with Crippen LogP contribution in [0, 0.1) is 27.9 Å². The molecule has 0 spiro atoms. The van der Waals surface area contributed by atoms with Gasteiger partial charge < -0.3 is 43.5 Å². The molecule has 6 unspecified atom stereocenters. The zero-order valence-corrected chi connectivity index (χ0v) is 41.0. The number of aliphatic hydroxyl groups is 2. The molecule has 1 fully saturated rings. The Balaban J connectivity index is 1.24. The van der Waals surface area contributed by atoms with Gasteiger partial charge in [0.25, 0.3) is 5.69 Å². The first-order chi connectivity index (χ1) is 35.2. The number of rotatable bonds is 22. The van der Waals surface area contributed by atoms with Crippen molar-refractivity contribution in [3.05, 3.63) is 166 Å². The Morgan fingerprint density at radius 3 is 2.33 bits per heavy atom. The summed E-state index contributed by atoms with van der Waals surface area (Å²) < 4.78 is 38.9. The lowest BCUT2D eigenvalue weighted by molar-refractivity contribution is -0.384. The van der Waals surface area contributed by atoms with E-state index in [4.69, 9.17) is 38.4 Å². The number of oxime groups is 1. The van der Waals surface area contributed by atoms with Crippen LogP contribution in [0.4, 0.5) is 10.5 Å². The molecule has 1 saturated carbocycles. The van der Waals surface area contributed by atoms with Crippen molar-refractivity contribution in [1.82, 2.24) is 4.90 Å². The van der Waals surface area contributed by atoms with E-state index in [1.54, 1.807) is 28.8 Å². The van der Waals surface area contributed by atoms with Crippen LogP contribution >= 0.6 is 11.8 Å². The first-order valence-electron chi connectivity index (χ1n) is 24.4. The van der Waals surface area contributed by atoms with Crippen LogP contribution in [-0.2, 0) is 22.7 Å². The first-order valence-corrected chi connectivity index (χ1v) is 25.6. The van der Waals surface area contributed by atoms with Crippen LogP contribution in [-0.4, -0.2) is 76.5 Å². The number of carbonyl (C=O) groups excluding carboxylic acids is 1. The molecular weight excluding hydrogens is 939 g/mol. The molecule has 15 nitrogen and oxygen atoms in total. The Labute approximate surface area is 423 Å². The Bertz CT molecular complexity index is 2750. The van der Waals surface area contributed by atoms with E-state index >= 15 is 4.79 Å². The van der Waals surface area contributed by atoms with Gasteiger partial charge in [-0.15, -0.1) is 18.3 Å². The number of nitro benzene ring substituents is 1. The summed E-state index contributed by atoms with van der Waals surface area (Å²) in [5.74, 6) is 0.373. The van der Waals surface area contributed by atoms with Gasteiger partial charge in [-0.1, -0.05) is 66.5 Å². The molecule has 0 bridgehead atoms. The molecule has 376 valence electrons. The SMILES string of the molecule is C=CCOC12Oc3ccc(Oc4ccc(SC)cc4)cc3C3C(CCCCO)C(CCCCO)C=C(C(=NOCc4ccccc4)CC1N(Cc1ccc4c(c1)OCO4)C(=O)Oc1ccc([N+](=O)[O-])cc1)C32. The van der Waals surface area contributed by atoms with Crippen molar-refractivity contribution < 1.29 is 53.2 Å². The van der Waals surface area contributed by atoms with Gasteiger partial charge >= 0.3 is 6.09 Å². The number of allylic oxidation sites excluding steroid dienone is 1. The smallest absolute Gasteiger partial charge is 0.416 e. The number of non-ortho nitro benzene ring substituents is 1. The second kappa shape index (κ2) is 23.1. The highest BCUT2D eigenvalue weighted by Crippen LogP contribution is 2.62. The van der Waals surface area contributed by atoms with Gasteiger partial charge in [-0.25, -0.2) is 4.79 Å². The Hall–Kier alpha value is -6.85. The van der Waals surface area contributed by atoms with E-state index in [-0.39, 0.29) is 75.4 Å². The predicted octanol–water partition coefficient (Wildman–Crippen LogP) is 11.4. The normalized spacial score (nSPS) is 21.9. The fourth-order valence-electron chi connectivity index (χ4n) is 10.6. The molecule has 6 atom stereocenters. The molecule has 0 saturated heterocycles. The van der Waals surface area contributed by atoms with Gasteiger partial charge in [-0.3, -0.25) is 15.0 Å². The number of amides is 1. The lowest BCUT2D eigenvalue weighted by atomic mass is 9.55. The zero-order chi connectivity index (χ0) is 50.0. The molecule has 16 heteroatoms. The van der Waals surface area contributed by atoms with Crippen LogP contribution < -0.4 is 23.7 Å². The number of hydrogen-bond donors (Lipinski definition) is 2. The molecule has 9 rings (SSSR count). The van der Waals surface area contributed by atoms with Crippen LogP contribution in [0.1, 0.15) is 67.6 Å². The maximum Gasteiger partial charge on any atom is 0.416 e. The molecule has 2 aliphatic heterocycles. The van der Waals surface area contributed by atoms with Crippen molar-refractivity contribution in [2.45, 2.75) is 80.7 Å². The van der Waals surface area contributed by atoms with Crippen molar-refractivity contribution in [2.24, 2.45) is 22.9 Å². The standard InChI is InChI=1S/C56H59N3O12S/c1-3-29-67-56-52(58(34-38-15-25-50-51(30-38)66-36-65-50)55(62)70-42-18-16-40(17-19-42)59(63)64)33-48(57-68-35-37-11-5-4-6-12-37)46-31-39(13-7-9-27-60)45(14-8-10-28-61)53(54(46)56)47-32-43(22-26-49(47)71-56)69-41-20-23-44(72-2)24-21-41/h3-6,11-12,15-26,30-32,39,45,52-54,60-61H,1,7-10,13-14,27-29,33-36H2,2H3. The van der Waals surface area contributed by atoms with Crippen LogP contribution in [0.3, 0.4) is 0 Å². The summed E-state index contributed by atoms with van der Waals surface area (Å²) in [5, 5.41) is 36.8. The van der Waals surface area contributed by atoms with Crippen molar-refractivity contribution in [2.75, 3.05) is 32.9 Å². The fraction of sp³-hybridized carbons (Fsp3) is 0.357. The second-order valence-corrected chi connectivity index (χ2v) is 19.1. The van der Waals surface area contributed by atoms with E-state index in [1.165, 1.54) is 24.3 Å². The molecule has 0 radical (unpaired) electrons. The molecule has 2 heterocycles. The highest BCUT2D eigenvalue weighted by atomic mass is 32.2. The number of thioether (sulfide) groups is 1. The number of nitrogens with zero attached hydrogens (tertiary/aromatic N) is 3. The van der Waals surface area contributed by atoms with Crippen LogP contribution in [0.15, 0.2) is 150 Å². The molecule has 0 aromatic heterocycles. The van der Waals surface area contributed by atoms with E-state index < -0.39 is 28.8 Å². The van der Waals surface area contributed by atoms with Gasteiger partial charge in [0, 0.05) is 54.7 Å². The summed E-state index contributed by atoms with van der Waals surface area (Å²) in [7, 11) is 0. The average molecular weight is 998 g/mol. The van der Waals surface area contributed by atoms with Gasteiger partial charge in [-0.05, 0) is 127 Å². The van der Waals surface area contributed by atoms with Crippen molar-refractivity contribution >= 4 is 29.3 Å². The van der Waals surface area contributed by atoms with E-state index in [0.717, 1.165) is 47.3 Å². The molecule has 4 aliphatic rings.